The molecule has 2 atom stereocenters. The molecule has 2 fully saturated rings. The van der Waals surface area contributed by atoms with Crippen LogP contribution in [0, 0.1) is 0 Å². The predicted octanol–water partition coefficient (Wildman–Crippen LogP) is 2.09. The first-order chi connectivity index (χ1) is 11.1. The van der Waals surface area contributed by atoms with E-state index in [9.17, 15) is 8.42 Å². The Hall–Kier alpha value is -1.50. The van der Waals surface area contributed by atoms with Gasteiger partial charge in [-0.25, -0.2) is 8.42 Å². The van der Waals surface area contributed by atoms with Gasteiger partial charge in [0.15, 0.2) is 0 Å². The van der Waals surface area contributed by atoms with Crippen LogP contribution in [0.15, 0.2) is 41.4 Å². The molecule has 3 heterocycles. The molecule has 0 bridgehead atoms. The summed E-state index contributed by atoms with van der Waals surface area (Å²) in [7, 11) is -3.53. The molecule has 5 nitrogen and oxygen atoms in total. The lowest BCUT2D eigenvalue weighted by Gasteiger charge is -2.41. The average Bonchev–Trinajstić information content (AvgIpc) is 3.00. The summed E-state index contributed by atoms with van der Waals surface area (Å²) < 4.78 is 28.2. The van der Waals surface area contributed by atoms with Gasteiger partial charge in [-0.05, 0) is 38.4 Å². The molecule has 23 heavy (non-hydrogen) atoms. The normalized spacial score (nSPS) is 26.5. The minimum atomic E-state index is -3.53. The van der Waals surface area contributed by atoms with Crippen molar-refractivity contribution in [3.8, 4) is 0 Å². The number of hydrogen-bond donors (Lipinski definition) is 0. The van der Waals surface area contributed by atoms with Crippen LogP contribution in [0.25, 0.3) is 10.9 Å². The highest BCUT2D eigenvalue weighted by molar-refractivity contribution is 7.89. The Kier molecular flexibility index (Phi) is 3.63. The first kappa shape index (κ1) is 15.1. The van der Waals surface area contributed by atoms with Crippen molar-refractivity contribution in [1.29, 1.82) is 0 Å². The molecular weight excluding hydrogens is 310 g/mol. The molecule has 0 spiro atoms. The average molecular weight is 331 g/mol. The smallest absolute Gasteiger partial charge is 0.245 e. The third-order valence-electron chi connectivity index (χ3n) is 5.06. The van der Waals surface area contributed by atoms with Crippen molar-refractivity contribution < 1.29 is 8.42 Å². The van der Waals surface area contributed by atoms with Crippen molar-refractivity contribution in [1.82, 2.24) is 14.2 Å². The molecule has 0 N–H and O–H groups in total. The van der Waals surface area contributed by atoms with Crippen molar-refractivity contribution in [3.63, 3.8) is 0 Å². The predicted molar refractivity (Wildman–Crippen MR) is 89.7 cm³/mol. The number of benzene rings is 1. The van der Waals surface area contributed by atoms with E-state index in [4.69, 9.17) is 0 Å². The molecule has 1 aromatic heterocycles. The Morgan fingerprint density at radius 3 is 2.87 bits per heavy atom. The van der Waals surface area contributed by atoms with Crippen LogP contribution in [0.5, 0.6) is 0 Å². The number of piperazine rings is 1. The second kappa shape index (κ2) is 5.54. The van der Waals surface area contributed by atoms with Gasteiger partial charge >= 0.3 is 0 Å². The van der Waals surface area contributed by atoms with Crippen molar-refractivity contribution in [2.45, 2.75) is 36.7 Å². The van der Waals surface area contributed by atoms with E-state index < -0.39 is 10.0 Å². The topological polar surface area (TPSA) is 53.5 Å². The third-order valence-corrected chi connectivity index (χ3v) is 7.07. The van der Waals surface area contributed by atoms with Crippen LogP contribution in [0.1, 0.15) is 19.8 Å². The zero-order chi connectivity index (χ0) is 16.0. The van der Waals surface area contributed by atoms with E-state index in [0.29, 0.717) is 23.0 Å². The summed E-state index contributed by atoms with van der Waals surface area (Å²) in [6.45, 7) is 4.51. The quantitative estimate of drug-likeness (QED) is 0.845. The summed E-state index contributed by atoms with van der Waals surface area (Å²) in [5.41, 5.74) is 0.566. The number of rotatable bonds is 2. The maximum absolute atomic E-state index is 13.3. The highest BCUT2D eigenvalue weighted by Gasteiger charge is 2.40. The van der Waals surface area contributed by atoms with Crippen molar-refractivity contribution in [2.75, 3.05) is 19.6 Å². The van der Waals surface area contributed by atoms with Gasteiger partial charge in [-0.1, -0.05) is 18.2 Å². The van der Waals surface area contributed by atoms with Crippen LogP contribution in [-0.2, 0) is 10.0 Å². The Bertz CT molecular complexity index is 831. The van der Waals surface area contributed by atoms with Crippen LogP contribution in [0.2, 0.25) is 0 Å². The van der Waals surface area contributed by atoms with Gasteiger partial charge in [0, 0.05) is 36.8 Å². The largest absolute Gasteiger partial charge is 0.297 e. The molecule has 1 aromatic carbocycles. The monoisotopic (exact) mass is 331 g/mol. The molecule has 0 unspecified atom stereocenters. The Morgan fingerprint density at radius 1 is 1.17 bits per heavy atom. The van der Waals surface area contributed by atoms with Gasteiger partial charge in [-0.3, -0.25) is 9.88 Å². The summed E-state index contributed by atoms with van der Waals surface area (Å²) in [4.78, 5) is 7.07. The van der Waals surface area contributed by atoms with Crippen LogP contribution in [0.3, 0.4) is 0 Å². The molecule has 0 aliphatic carbocycles. The summed E-state index contributed by atoms with van der Waals surface area (Å²) >= 11 is 0. The maximum atomic E-state index is 13.3. The molecule has 2 saturated heterocycles. The number of nitrogens with zero attached hydrogens (tertiary/aromatic N) is 3. The van der Waals surface area contributed by atoms with Crippen molar-refractivity contribution in [3.05, 3.63) is 36.5 Å². The summed E-state index contributed by atoms with van der Waals surface area (Å²) in [6, 6.07) is 9.47. The molecule has 2 aliphatic heterocycles. The molecule has 122 valence electrons. The van der Waals surface area contributed by atoms with E-state index in [0.717, 1.165) is 24.9 Å². The zero-order valence-corrected chi connectivity index (χ0v) is 14.0. The molecule has 2 aromatic rings. The summed E-state index contributed by atoms with van der Waals surface area (Å²) in [5, 5.41) is 0.862. The van der Waals surface area contributed by atoms with Gasteiger partial charge in [-0.15, -0.1) is 0 Å². The second-order valence-corrected chi connectivity index (χ2v) is 8.40. The molecule has 0 saturated carbocycles. The molecule has 0 amide bonds. The fourth-order valence-electron chi connectivity index (χ4n) is 3.91. The van der Waals surface area contributed by atoms with Crippen molar-refractivity contribution >= 4 is 20.9 Å². The molecule has 4 rings (SSSR count). The van der Waals surface area contributed by atoms with Gasteiger partial charge in [0.2, 0.25) is 10.0 Å². The number of hydrogen-bond acceptors (Lipinski definition) is 4. The highest BCUT2D eigenvalue weighted by Crippen LogP contribution is 2.31. The SMILES string of the molecule is C[C@@H]1CN2CCC[C@H]2CN1S(=O)(=O)c1cccc2cccnc12. The van der Waals surface area contributed by atoms with E-state index in [2.05, 4.69) is 9.88 Å². The van der Waals surface area contributed by atoms with E-state index >= 15 is 0 Å². The van der Waals surface area contributed by atoms with E-state index in [1.165, 1.54) is 6.42 Å². The molecule has 0 radical (unpaired) electrons. The third kappa shape index (κ3) is 2.45. The number of sulfonamides is 1. The highest BCUT2D eigenvalue weighted by atomic mass is 32.2. The number of aromatic nitrogens is 1. The molecule has 2 aliphatic rings. The first-order valence-electron chi connectivity index (χ1n) is 8.17. The van der Waals surface area contributed by atoms with Crippen molar-refractivity contribution in [2.24, 2.45) is 0 Å². The lowest BCUT2D eigenvalue weighted by molar-refractivity contribution is 0.117. The lowest BCUT2D eigenvalue weighted by atomic mass is 10.1. The minimum Gasteiger partial charge on any atom is -0.297 e. The Labute approximate surface area is 137 Å². The van der Waals surface area contributed by atoms with Gasteiger partial charge in [0.05, 0.1) is 5.52 Å². The van der Waals surface area contributed by atoms with E-state index in [1.807, 2.05) is 25.1 Å². The Morgan fingerprint density at radius 2 is 2.00 bits per heavy atom. The van der Waals surface area contributed by atoms with Gasteiger partial charge in [0.25, 0.3) is 0 Å². The fourth-order valence-corrected chi connectivity index (χ4v) is 5.73. The van der Waals surface area contributed by atoms with Gasteiger partial charge < -0.3 is 0 Å². The molecule has 6 heteroatoms. The minimum absolute atomic E-state index is 0.00619. The fraction of sp³-hybridized carbons (Fsp3) is 0.471. The maximum Gasteiger partial charge on any atom is 0.245 e. The van der Waals surface area contributed by atoms with E-state index in [-0.39, 0.29) is 6.04 Å². The summed E-state index contributed by atoms with van der Waals surface area (Å²) in [6.07, 6.45) is 3.91. The van der Waals surface area contributed by atoms with Gasteiger partial charge in [0.1, 0.15) is 4.90 Å². The van der Waals surface area contributed by atoms with Crippen LogP contribution in [0.4, 0.5) is 0 Å². The number of fused-ring (bicyclic) bond motifs is 2. The summed E-state index contributed by atoms with van der Waals surface area (Å²) in [5.74, 6) is 0. The zero-order valence-electron chi connectivity index (χ0n) is 13.2. The van der Waals surface area contributed by atoms with Crippen LogP contribution < -0.4 is 0 Å². The second-order valence-electron chi connectivity index (χ2n) is 6.55. The number of pyridine rings is 1. The molecular formula is C17H21N3O2S. The van der Waals surface area contributed by atoms with E-state index in [1.54, 1.807) is 22.6 Å². The van der Waals surface area contributed by atoms with Crippen LogP contribution in [-0.4, -0.2) is 54.3 Å². The lowest BCUT2D eigenvalue weighted by Crippen LogP contribution is -2.56. The van der Waals surface area contributed by atoms with Crippen LogP contribution >= 0.6 is 0 Å². The Balaban J connectivity index is 1.77. The number of para-hydroxylation sites is 1. The standard InChI is InChI=1S/C17H21N3O2S/c1-13-11-19-10-4-7-15(19)12-20(13)23(21,22)16-8-2-5-14-6-3-9-18-17(14)16/h2-3,5-6,8-9,13,15H,4,7,10-12H2,1H3/t13-,15+/m1/s1. The van der Waals surface area contributed by atoms with Gasteiger partial charge in [-0.2, -0.15) is 4.31 Å². The first-order valence-corrected chi connectivity index (χ1v) is 9.61.